The van der Waals surface area contributed by atoms with Gasteiger partial charge >= 0.3 is 5.97 Å². The Morgan fingerprint density at radius 2 is 1.98 bits per heavy atom. The first-order valence-electron chi connectivity index (χ1n) is 14.7. The van der Waals surface area contributed by atoms with E-state index in [1.165, 1.54) is 11.3 Å². The molecular formula is C29H48N3O8PS. The Morgan fingerprint density at radius 1 is 1.29 bits per heavy atom. The number of nitrogens with zero attached hydrogens (tertiary/aromatic N) is 1. The number of fused-ring (bicyclic) bond motifs is 1. The van der Waals surface area contributed by atoms with Gasteiger partial charge in [-0.2, -0.15) is 0 Å². The highest BCUT2D eigenvalue weighted by atomic mass is 32.1. The van der Waals surface area contributed by atoms with Gasteiger partial charge in [-0.15, -0.1) is 11.3 Å². The van der Waals surface area contributed by atoms with Gasteiger partial charge in [0.2, 0.25) is 0 Å². The molecule has 0 aliphatic carbocycles. The molecule has 2 fully saturated rings. The van der Waals surface area contributed by atoms with Gasteiger partial charge in [-0.05, 0) is 44.3 Å². The number of aliphatic hydroxyl groups excluding tert-OH is 2. The quantitative estimate of drug-likeness (QED) is 0.169. The standard InChI is InChI=1S/C29H48N3O8PS/c1-17-8-7-9-29(6)23(40-29)13-21(39-25(34)14-22(33)28(4,5)27(36)19(3)26(17)35)18(2)12-20-16-42-24(32-20)15-31-41(37,38)11-10-30/h12,16-17,19,21-23,26,33,35H,7-11,13-15,30H2,1-6H3,(H2,31,37,38)/b18-12+/t17-,19+,21?,22-,23-,26-,29+/m0/s1. The molecule has 6 N–H and O–H groups in total. The summed E-state index contributed by atoms with van der Waals surface area (Å²) in [5.41, 5.74) is 5.11. The van der Waals surface area contributed by atoms with Gasteiger partial charge in [-0.1, -0.05) is 34.1 Å². The smallest absolute Gasteiger partial charge is 0.309 e. The van der Waals surface area contributed by atoms with Gasteiger partial charge < -0.3 is 30.3 Å². The Kier molecular flexibility index (Phi) is 11.7. The summed E-state index contributed by atoms with van der Waals surface area (Å²) in [6, 6.07) is 0. The summed E-state index contributed by atoms with van der Waals surface area (Å²) < 4.78 is 24.0. The number of thiazole rings is 1. The number of esters is 1. The van der Waals surface area contributed by atoms with Crippen molar-refractivity contribution in [3.05, 3.63) is 21.7 Å². The minimum atomic E-state index is -3.53. The number of ketones is 1. The molecule has 2 aliphatic heterocycles. The van der Waals surface area contributed by atoms with Crippen LogP contribution in [-0.4, -0.2) is 74.6 Å². The molecule has 0 bridgehead atoms. The molecule has 2 unspecified atom stereocenters. The van der Waals surface area contributed by atoms with Crippen LogP contribution in [0.15, 0.2) is 11.0 Å². The zero-order valence-electron chi connectivity index (χ0n) is 25.5. The highest BCUT2D eigenvalue weighted by molar-refractivity contribution is 7.55. The topological polar surface area (TPSA) is 185 Å². The molecule has 0 radical (unpaired) electrons. The fourth-order valence-electron chi connectivity index (χ4n) is 5.54. The maximum Gasteiger partial charge on any atom is 0.309 e. The predicted octanol–water partition coefficient (Wildman–Crippen LogP) is 3.40. The number of rotatable bonds is 7. The van der Waals surface area contributed by atoms with E-state index >= 15 is 0 Å². The van der Waals surface area contributed by atoms with Crippen LogP contribution in [0, 0.1) is 17.3 Å². The van der Waals surface area contributed by atoms with E-state index in [1.807, 2.05) is 32.2 Å². The van der Waals surface area contributed by atoms with Crippen molar-refractivity contribution in [2.45, 2.75) is 110 Å². The van der Waals surface area contributed by atoms with Gasteiger partial charge in [0, 0.05) is 24.3 Å². The molecule has 3 heterocycles. The van der Waals surface area contributed by atoms with E-state index in [-0.39, 0.29) is 49.1 Å². The van der Waals surface area contributed by atoms with Crippen LogP contribution in [0.2, 0.25) is 0 Å². The summed E-state index contributed by atoms with van der Waals surface area (Å²) >= 11 is 1.34. The molecule has 3 rings (SSSR count). The molecule has 0 amide bonds. The Labute approximate surface area is 252 Å². The number of nitrogens with two attached hydrogens (primary N) is 1. The number of carbonyl (C=O) groups excluding carboxylic acids is 2. The molecule has 1 aromatic rings. The Morgan fingerprint density at radius 3 is 2.64 bits per heavy atom. The van der Waals surface area contributed by atoms with Crippen molar-refractivity contribution in [3.8, 4) is 0 Å². The fourth-order valence-corrected chi connectivity index (χ4v) is 7.24. The Hall–Kier alpha value is -1.50. The summed E-state index contributed by atoms with van der Waals surface area (Å²) in [5.74, 6) is -1.75. The Balaban J connectivity index is 1.80. The van der Waals surface area contributed by atoms with Crippen molar-refractivity contribution in [1.82, 2.24) is 10.1 Å². The van der Waals surface area contributed by atoms with Crippen LogP contribution in [0.1, 0.15) is 84.3 Å². The number of Topliss-reactive ketones (excluding diaryl/α,β-unsaturated/α-hetero) is 1. The minimum Gasteiger partial charge on any atom is -0.458 e. The van der Waals surface area contributed by atoms with E-state index in [9.17, 15) is 29.3 Å². The number of hydrogen-bond acceptors (Lipinski definition) is 10. The molecule has 1 aromatic heterocycles. The second-order valence-electron chi connectivity index (χ2n) is 12.7. The minimum absolute atomic E-state index is 0.0283. The number of nitrogens with one attached hydrogen (secondary N) is 1. The molecule has 2 saturated heterocycles. The number of epoxide rings is 1. The molecule has 0 aromatic carbocycles. The SMILES string of the molecule is C/C(=C\c1csc(CNP(=O)(O)CCN)n1)C1C[C@@H]2O[C@]2(C)CCC[C@H](C)[C@H](O)[C@@H](C)C(=O)C(C)(C)[C@@H](O)CC(=O)O1. The summed E-state index contributed by atoms with van der Waals surface area (Å²) in [6.07, 6.45) is 1.20. The molecule has 11 nitrogen and oxygen atoms in total. The monoisotopic (exact) mass is 629 g/mol. The lowest BCUT2D eigenvalue weighted by atomic mass is 9.73. The largest absolute Gasteiger partial charge is 0.458 e. The molecule has 2 aliphatic rings. The predicted molar refractivity (Wildman–Crippen MR) is 162 cm³/mol. The van der Waals surface area contributed by atoms with Gasteiger partial charge in [0.15, 0.2) is 0 Å². The second kappa shape index (κ2) is 14.1. The van der Waals surface area contributed by atoms with E-state index in [2.05, 4.69) is 10.1 Å². The normalized spacial score (nSPS) is 34.8. The lowest BCUT2D eigenvalue weighted by molar-refractivity contribution is -0.154. The first-order chi connectivity index (χ1) is 19.5. The van der Waals surface area contributed by atoms with E-state index in [0.717, 1.165) is 24.8 Å². The average Bonchev–Trinajstić information content (AvgIpc) is 3.31. The number of hydrogen-bond donors (Lipinski definition) is 5. The molecular weight excluding hydrogens is 581 g/mol. The lowest BCUT2D eigenvalue weighted by Crippen LogP contribution is -2.45. The van der Waals surface area contributed by atoms with E-state index in [4.69, 9.17) is 15.2 Å². The van der Waals surface area contributed by atoms with E-state index < -0.39 is 43.1 Å². The van der Waals surface area contributed by atoms with Crippen molar-refractivity contribution in [2.24, 2.45) is 23.0 Å². The van der Waals surface area contributed by atoms with Crippen LogP contribution in [0.3, 0.4) is 0 Å². The average molecular weight is 630 g/mol. The van der Waals surface area contributed by atoms with E-state index in [1.54, 1.807) is 20.8 Å². The van der Waals surface area contributed by atoms with Gasteiger partial charge in [0.25, 0.3) is 7.52 Å². The molecule has 13 heteroatoms. The summed E-state index contributed by atoms with van der Waals surface area (Å²) in [5, 5.41) is 26.9. The van der Waals surface area contributed by atoms with Gasteiger partial charge in [0.05, 0.1) is 54.1 Å². The van der Waals surface area contributed by atoms with Gasteiger partial charge in [-0.3, -0.25) is 14.2 Å². The maximum absolute atomic E-state index is 13.3. The van der Waals surface area contributed by atoms with Crippen LogP contribution < -0.4 is 10.8 Å². The van der Waals surface area contributed by atoms with Crippen molar-refractivity contribution < 1.29 is 38.7 Å². The van der Waals surface area contributed by atoms with Crippen LogP contribution >= 0.6 is 18.9 Å². The lowest BCUT2D eigenvalue weighted by Gasteiger charge is -2.34. The third kappa shape index (κ3) is 9.01. The highest BCUT2D eigenvalue weighted by Gasteiger charge is 2.53. The zero-order valence-corrected chi connectivity index (χ0v) is 27.2. The van der Waals surface area contributed by atoms with Crippen LogP contribution in [-0.2, 0) is 30.2 Å². The van der Waals surface area contributed by atoms with Crippen LogP contribution in [0.4, 0.5) is 0 Å². The number of carbonyl (C=O) groups is 2. The number of aliphatic hydroxyl groups is 2. The molecule has 8 atom stereocenters. The Bertz CT molecular complexity index is 1190. The van der Waals surface area contributed by atoms with Gasteiger partial charge in [0.1, 0.15) is 16.9 Å². The van der Waals surface area contributed by atoms with Crippen LogP contribution in [0.25, 0.3) is 6.08 Å². The third-order valence-electron chi connectivity index (χ3n) is 8.77. The summed E-state index contributed by atoms with van der Waals surface area (Å²) in [7, 11) is -3.53. The number of cyclic esters (lactones) is 1. The molecule has 0 saturated carbocycles. The number of ether oxygens (including phenoxy) is 2. The summed E-state index contributed by atoms with van der Waals surface area (Å²) in [4.78, 5) is 40.8. The zero-order chi connectivity index (χ0) is 31.5. The van der Waals surface area contributed by atoms with E-state index in [0.29, 0.717) is 17.1 Å². The molecule has 0 spiro atoms. The fraction of sp³-hybridized carbons (Fsp3) is 0.759. The van der Waals surface area contributed by atoms with Crippen LogP contribution in [0.5, 0.6) is 0 Å². The van der Waals surface area contributed by atoms with Crippen molar-refractivity contribution >= 4 is 36.7 Å². The summed E-state index contributed by atoms with van der Waals surface area (Å²) in [6.45, 7) is 10.9. The van der Waals surface area contributed by atoms with Crippen molar-refractivity contribution in [1.29, 1.82) is 0 Å². The second-order valence-corrected chi connectivity index (χ2v) is 15.8. The third-order valence-corrected chi connectivity index (χ3v) is 11.2. The molecule has 42 heavy (non-hydrogen) atoms. The first kappa shape index (κ1) is 35.0. The maximum atomic E-state index is 13.3. The number of aromatic nitrogens is 1. The van der Waals surface area contributed by atoms with Gasteiger partial charge in [-0.25, -0.2) is 10.1 Å². The molecule has 238 valence electrons. The first-order valence-corrected chi connectivity index (χ1v) is 17.4. The van der Waals surface area contributed by atoms with Crippen molar-refractivity contribution in [3.63, 3.8) is 0 Å². The highest BCUT2D eigenvalue weighted by Crippen LogP contribution is 2.45. The van der Waals surface area contributed by atoms with Crippen molar-refractivity contribution in [2.75, 3.05) is 12.7 Å².